The van der Waals surface area contributed by atoms with Crippen LogP contribution in [0.5, 0.6) is 0 Å². The summed E-state index contributed by atoms with van der Waals surface area (Å²) in [5.74, 6) is 0.212. The Kier molecular flexibility index (Phi) is 5.54. The predicted octanol–water partition coefficient (Wildman–Crippen LogP) is 1.44. The van der Waals surface area contributed by atoms with Crippen LogP contribution in [0, 0.1) is 0 Å². The molecule has 5 heteroatoms. The Morgan fingerprint density at radius 2 is 2.04 bits per heavy atom. The van der Waals surface area contributed by atoms with Crippen LogP contribution in [0.3, 0.4) is 0 Å². The van der Waals surface area contributed by atoms with E-state index in [1.165, 1.54) is 5.56 Å². The number of benzene rings is 1. The Morgan fingerprint density at radius 3 is 2.75 bits per heavy atom. The van der Waals surface area contributed by atoms with E-state index in [1.54, 1.807) is 0 Å². The molecular formula is C19H29N3O2. The van der Waals surface area contributed by atoms with Gasteiger partial charge in [0, 0.05) is 32.2 Å². The molecule has 1 aromatic rings. The Hall–Kier alpha value is -1.43. The average molecular weight is 331 g/mol. The number of fused-ring (bicyclic) bond motifs is 1. The topological polar surface area (TPSA) is 36.0 Å². The smallest absolute Gasteiger partial charge is 0.236 e. The molecule has 24 heavy (non-hydrogen) atoms. The SMILES string of the molecule is CC(C)N(C)CC(=O)N1CC2OCCN(Cc3ccccc3)C2C1. The number of rotatable bonds is 5. The number of carbonyl (C=O) groups is 1. The first kappa shape index (κ1) is 17.4. The van der Waals surface area contributed by atoms with Gasteiger partial charge in [0.15, 0.2) is 0 Å². The van der Waals surface area contributed by atoms with E-state index in [9.17, 15) is 4.79 Å². The van der Waals surface area contributed by atoms with Crippen LogP contribution in [-0.2, 0) is 16.1 Å². The van der Waals surface area contributed by atoms with Crippen molar-refractivity contribution >= 4 is 5.91 Å². The molecule has 2 aliphatic heterocycles. The minimum atomic E-state index is 0.149. The molecule has 2 heterocycles. The number of nitrogens with zero attached hydrogens (tertiary/aromatic N) is 3. The van der Waals surface area contributed by atoms with Crippen LogP contribution < -0.4 is 0 Å². The third-order valence-electron chi connectivity index (χ3n) is 5.26. The fourth-order valence-corrected chi connectivity index (χ4v) is 3.47. The Morgan fingerprint density at radius 1 is 1.29 bits per heavy atom. The number of amides is 1. The molecule has 1 aromatic carbocycles. The second kappa shape index (κ2) is 7.64. The number of ether oxygens (including phenoxy) is 1. The highest BCUT2D eigenvalue weighted by Gasteiger charge is 2.41. The summed E-state index contributed by atoms with van der Waals surface area (Å²) in [5.41, 5.74) is 1.32. The fraction of sp³-hybridized carbons (Fsp3) is 0.632. The zero-order valence-corrected chi connectivity index (χ0v) is 15.0. The van der Waals surface area contributed by atoms with Crippen molar-refractivity contribution in [2.24, 2.45) is 0 Å². The van der Waals surface area contributed by atoms with Crippen molar-refractivity contribution in [1.29, 1.82) is 0 Å². The standard InChI is InChI=1S/C19H29N3O2/c1-15(2)20(3)14-19(23)22-12-17-18(13-22)24-10-9-21(17)11-16-7-5-4-6-8-16/h4-8,15,17-18H,9-14H2,1-3H3. The number of likely N-dealkylation sites (N-methyl/N-ethyl adjacent to an activating group) is 1. The lowest BCUT2D eigenvalue weighted by atomic mass is 10.1. The number of carbonyl (C=O) groups excluding carboxylic acids is 1. The van der Waals surface area contributed by atoms with Gasteiger partial charge in [0.25, 0.3) is 0 Å². The molecule has 0 radical (unpaired) electrons. The Labute approximate surface area is 145 Å². The molecule has 5 nitrogen and oxygen atoms in total. The van der Waals surface area contributed by atoms with Gasteiger partial charge in [-0.05, 0) is 26.5 Å². The molecule has 0 bridgehead atoms. The second-order valence-corrected chi connectivity index (χ2v) is 7.24. The van der Waals surface area contributed by atoms with Crippen LogP contribution >= 0.6 is 0 Å². The number of morpholine rings is 1. The average Bonchev–Trinajstić information content (AvgIpc) is 3.01. The normalized spacial score (nSPS) is 24.6. The molecule has 2 unspecified atom stereocenters. The maximum absolute atomic E-state index is 12.6. The Balaban J connectivity index is 1.61. The molecule has 0 spiro atoms. The van der Waals surface area contributed by atoms with E-state index < -0.39 is 0 Å². The molecular weight excluding hydrogens is 302 g/mol. The van der Waals surface area contributed by atoms with Gasteiger partial charge in [-0.3, -0.25) is 14.6 Å². The van der Waals surface area contributed by atoms with Gasteiger partial charge in [-0.2, -0.15) is 0 Å². The third kappa shape index (κ3) is 3.97. The van der Waals surface area contributed by atoms with Crippen molar-refractivity contribution in [2.45, 2.75) is 38.6 Å². The van der Waals surface area contributed by atoms with Crippen molar-refractivity contribution in [1.82, 2.24) is 14.7 Å². The van der Waals surface area contributed by atoms with Crippen LogP contribution in [-0.4, -0.2) is 78.6 Å². The van der Waals surface area contributed by atoms with Crippen LogP contribution in [0.2, 0.25) is 0 Å². The highest BCUT2D eigenvalue weighted by Crippen LogP contribution is 2.24. The van der Waals surface area contributed by atoms with E-state index in [0.29, 0.717) is 18.6 Å². The van der Waals surface area contributed by atoms with Gasteiger partial charge in [0.1, 0.15) is 0 Å². The van der Waals surface area contributed by atoms with Gasteiger partial charge in [-0.25, -0.2) is 0 Å². The molecule has 0 aromatic heterocycles. The summed E-state index contributed by atoms with van der Waals surface area (Å²) in [7, 11) is 2.00. The second-order valence-electron chi connectivity index (χ2n) is 7.24. The molecule has 2 saturated heterocycles. The summed E-state index contributed by atoms with van der Waals surface area (Å²) in [6, 6.07) is 11.2. The van der Waals surface area contributed by atoms with E-state index in [4.69, 9.17) is 4.74 Å². The summed E-state index contributed by atoms with van der Waals surface area (Å²) in [4.78, 5) is 19.1. The minimum Gasteiger partial charge on any atom is -0.373 e. The first-order valence-corrected chi connectivity index (χ1v) is 8.92. The number of likely N-dealkylation sites (tertiary alicyclic amines) is 1. The highest BCUT2D eigenvalue weighted by atomic mass is 16.5. The monoisotopic (exact) mass is 331 g/mol. The van der Waals surface area contributed by atoms with E-state index in [0.717, 1.165) is 32.8 Å². The summed E-state index contributed by atoms with van der Waals surface area (Å²) < 4.78 is 5.95. The molecule has 1 amide bonds. The van der Waals surface area contributed by atoms with Gasteiger partial charge in [-0.15, -0.1) is 0 Å². The summed E-state index contributed by atoms with van der Waals surface area (Å²) in [5, 5.41) is 0. The molecule has 2 atom stereocenters. The van der Waals surface area contributed by atoms with Crippen molar-refractivity contribution in [3.63, 3.8) is 0 Å². The van der Waals surface area contributed by atoms with Gasteiger partial charge >= 0.3 is 0 Å². The minimum absolute atomic E-state index is 0.149. The number of hydrogen-bond acceptors (Lipinski definition) is 4. The molecule has 0 N–H and O–H groups in total. The lowest BCUT2D eigenvalue weighted by Crippen LogP contribution is -2.50. The predicted molar refractivity (Wildman–Crippen MR) is 94.7 cm³/mol. The first-order chi connectivity index (χ1) is 11.5. The van der Waals surface area contributed by atoms with Crippen LogP contribution in [0.4, 0.5) is 0 Å². The van der Waals surface area contributed by atoms with E-state index >= 15 is 0 Å². The van der Waals surface area contributed by atoms with Crippen molar-refractivity contribution in [3.8, 4) is 0 Å². The van der Waals surface area contributed by atoms with Crippen LogP contribution in [0.1, 0.15) is 19.4 Å². The zero-order chi connectivity index (χ0) is 17.1. The third-order valence-corrected chi connectivity index (χ3v) is 5.26. The molecule has 3 rings (SSSR count). The Bertz CT molecular complexity index is 549. The molecule has 0 saturated carbocycles. The molecule has 132 valence electrons. The van der Waals surface area contributed by atoms with Crippen LogP contribution in [0.25, 0.3) is 0 Å². The van der Waals surface area contributed by atoms with Crippen molar-refractivity contribution < 1.29 is 9.53 Å². The maximum atomic E-state index is 12.6. The lowest BCUT2D eigenvalue weighted by Gasteiger charge is -2.36. The largest absolute Gasteiger partial charge is 0.373 e. The number of hydrogen-bond donors (Lipinski definition) is 0. The van der Waals surface area contributed by atoms with Gasteiger partial charge in [-0.1, -0.05) is 30.3 Å². The zero-order valence-electron chi connectivity index (χ0n) is 15.0. The van der Waals surface area contributed by atoms with Crippen molar-refractivity contribution in [2.75, 3.05) is 39.8 Å². The summed E-state index contributed by atoms with van der Waals surface area (Å²) in [6.45, 7) is 8.83. The van der Waals surface area contributed by atoms with Crippen molar-refractivity contribution in [3.05, 3.63) is 35.9 Å². The molecule has 0 aliphatic carbocycles. The van der Waals surface area contributed by atoms with E-state index in [2.05, 4.69) is 47.9 Å². The van der Waals surface area contributed by atoms with Gasteiger partial charge in [0.05, 0.1) is 25.3 Å². The quantitative estimate of drug-likeness (QED) is 0.818. The maximum Gasteiger partial charge on any atom is 0.236 e. The lowest BCUT2D eigenvalue weighted by molar-refractivity contribution is -0.131. The summed E-state index contributed by atoms with van der Waals surface area (Å²) in [6.07, 6.45) is 0.149. The molecule has 2 fully saturated rings. The summed E-state index contributed by atoms with van der Waals surface area (Å²) >= 11 is 0. The van der Waals surface area contributed by atoms with E-state index in [-0.39, 0.29) is 12.0 Å². The molecule has 2 aliphatic rings. The fourth-order valence-electron chi connectivity index (χ4n) is 3.47. The highest BCUT2D eigenvalue weighted by molar-refractivity contribution is 5.78. The van der Waals surface area contributed by atoms with E-state index in [1.807, 2.05) is 18.0 Å². The van der Waals surface area contributed by atoms with Crippen LogP contribution in [0.15, 0.2) is 30.3 Å². The van der Waals surface area contributed by atoms with Gasteiger partial charge < -0.3 is 9.64 Å². The van der Waals surface area contributed by atoms with Gasteiger partial charge in [0.2, 0.25) is 5.91 Å². The first-order valence-electron chi connectivity index (χ1n) is 8.92.